The first-order valence-electron chi connectivity index (χ1n) is 6.42. The van der Waals surface area contributed by atoms with E-state index in [9.17, 15) is 5.11 Å². The summed E-state index contributed by atoms with van der Waals surface area (Å²) in [5, 5.41) is 10.2. The van der Waals surface area contributed by atoms with Gasteiger partial charge < -0.3 is 19.3 Å². The highest BCUT2D eigenvalue weighted by atomic mass is 16.5. The average molecular weight is 250 g/mol. The van der Waals surface area contributed by atoms with E-state index in [1.165, 1.54) is 0 Å². The molecule has 1 saturated heterocycles. The second kappa shape index (κ2) is 4.78. The minimum atomic E-state index is -0.478. The molecule has 4 nitrogen and oxygen atoms in total. The van der Waals surface area contributed by atoms with Gasteiger partial charge >= 0.3 is 0 Å². The number of fused-ring (bicyclic) bond motifs is 1. The lowest BCUT2D eigenvalue weighted by molar-refractivity contribution is -0.0272. The highest BCUT2D eigenvalue weighted by molar-refractivity contribution is 5.43. The third kappa shape index (κ3) is 2.06. The largest absolute Gasteiger partial charge is 0.497 e. The van der Waals surface area contributed by atoms with E-state index in [0.29, 0.717) is 12.2 Å². The van der Waals surface area contributed by atoms with Crippen molar-refractivity contribution in [3.63, 3.8) is 0 Å². The Bertz CT molecular complexity index is 426. The summed E-state index contributed by atoms with van der Waals surface area (Å²) in [4.78, 5) is 0. The predicted octanol–water partition coefficient (Wildman–Crippen LogP) is 2.06. The van der Waals surface area contributed by atoms with Crippen LogP contribution in [-0.2, 0) is 4.74 Å². The van der Waals surface area contributed by atoms with Crippen molar-refractivity contribution in [3.05, 3.63) is 23.8 Å². The first-order valence-corrected chi connectivity index (χ1v) is 6.42. The molecular weight excluding hydrogens is 232 g/mol. The maximum Gasteiger partial charge on any atom is 0.129 e. The van der Waals surface area contributed by atoms with Crippen LogP contribution in [0.2, 0.25) is 0 Å². The van der Waals surface area contributed by atoms with Gasteiger partial charge in [-0.1, -0.05) is 0 Å². The molecule has 2 aliphatic heterocycles. The van der Waals surface area contributed by atoms with Crippen LogP contribution in [0.15, 0.2) is 18.2 Å². The molecule has 1 fully saturated rings. The summed E-state index contributed by atoms with van der Waals surface area (Å²) in [6.45, 7) is 0.797. The van der Waals surface area contributed by atoms with Gasteiger partial charge in [-0.05, 0) is 25.0 Å². The Morgan fingerprint density at radius 2 is 2.22 bits per heavy atom. The highest BCUT2D eigenvalue weighted by Gasteiger charge is 2.34. The molecule has 1 N–H and O–H groups in total. The molecule has 2 unspecified atom stereocenters. The van der Waals surface area contributed by atoms with Crippen LogP contribution < -0.4 is 9.47 Å². The van der Waals surface area contributed by atoms with E-state index in [4.69, 9.17) is 14.2 Å². The van der Waals surface area contributed by atoms with E-state index in [1.807, 2.05) is 18.2 Å². The molecule has 0 aliphatic carbocycles. The van der Waals surface area contributed by atoms with Crippen molar-refractivity contribution in [2.45, 2.75) is 37.6 Å². The van der Waals surface area contributed by atoms with Crippen LogP contribution in [0.1, 0.15) is 30.9 Å². The first-order chi connectivity index (χ1) is 8.78. The van der Waals surface area contributed by atoms with Crippen LogP contribution >= 0.6 is 0 Å². The van der Waals surface area contributed by atoms with E-state index in [-0.39, 0.29) is 12.2 Å². The van der Waals surface area contributed by atoms with Crippen LogP contribution in [0.4, 0.5) is 0 Å². The normalized spacial score (nSPS) is 30.7. The zero-order valence-electron chi connectivity index (χ0n) is 10.5. The Morgan fingerprint density at radius 1 is 1.33 bits per heavy atom. The SMILES string of the molecule is COc1ccc2c(c1)OC(C1CCCO1)C[C@@H]2O. The second-order valence-corrected chi connectivity index (χ2v) is 4.86. The lowest BCUT2D eigenvalue weighted by atomic mass is 9.95. The molecular formula is C14H18O4. The third-order valence-electron chi connectivity index (χ3n) is 3.69. The van der Waals surface area contributed by atoms with Crippen LogP contribution in [0, 0.1) is 0 Å². The number of aliphatic hydroxyl groups is 1. The third-order valence-corrected chi connectivity index (χ3v) is 3.69. The number of ether oxygens (including phenoxy) is 3. The monoisotopic (exact) mass is 250 g/mol. The lowest BCUT2D eigenvalue weighted by Crippen LogP contribution is -2.36. The van der Waals surface area contributed by atoms with Gasteiger partial charge in [-0.2, -0.15) is 0 Å². The molecule has 0 spiro atoms. The zero-order chi connectivity index (χ0) is 12.5. The number of methoxy groups -OCH3 is 1. The molecule has 0 bridgehead atoms. The fraction of sp³-hybridized carbons (Fsp3) is 0.571. The van der Waals surface area contributed by atoms with Gasteiger partial charge in [0.2, 0.25) is 0 Å². The topological polar surface area (TPSA) is 47.9 Å². The van der Waals surface area contributed by atoms with Crippen molar-refractivity contribution in [3.8, 4) is 11.5 Å². The first kappa shape index (κ1) is 11.8. The van der Waals surface area contributed by atoms with E-state index < -0.39 is 6.10 Å². The van der Waals surface area contributed by atoms with Crippen molar-refractivity contribution < 1.29 is 19.3 Å². The van der Waals surface area contributed by atoms with E-state index in [2.05, 4.69) is 0 Å². The van der Waals surface area contributed by atoms with Crippen LogP contribution in [0.5, 0.6) is 11.5 Å². The Balaban J connectivity index is 1.85. The Morgan fingerprint density at radius 3 is 2.94 bits per heavy atom. The smallest absolute Gasteiger partial charge is 0.129 e. The van der Waals surface area contributed by atoms with E-state index in [1.54, 1.807) is 7.11 Å². The Labute approximate surface area is 106 Å². The molecule has 1 aromatic rings. The van der Waals surface area contributed by atoms with Crippen LogP contribution in [0.3, 0.4) is 0 Å². The lowest BCUT2D eigenvalue weighted by Gasteiger charge is -2.32. The van der Waals surface area contributed by atoms with Gasteiger partial charge in [-0.15, -0.1) is 0 Å². The maximum atomic E-state index is 10.2. The fourth-order valence-corrected chi connectivity index (χ4v) is 2.70. The molecule has 0 amide bonds. The summed E-state index contributed by atoms with van der Waals surface area (Å²) in [7, 11) is 1.62. The van der Waals surface area contributed by atoms with Crippen molar-refractivity contribution in [2.75, 3.05) is 13.7 Å². The van der Waals surface area contributed by atoms with Crippen molar-refractivity contribution in [1.29, 1.82) is 0 Å². The fourth-order valence-electron chi connectivity index (χ4n) is 2.70. The summed E-state index contributed by atoms with van der Waals surface area (Å²) in [6, 6.07) is 5.54. The summed E-state index contributed by atoms with van der Waals surface area (Å²) < 4.78 is 16.8. The van der Waals surface area contributed by atoms with E-state index >= 15 is 0 Å². The van der Waals surface area contributed by atoms with Gasteiger partial charge in [0.1, 0.15) is 17.6 Å². The zero-order valence-corrected chi connectivity index (χ0v) is 10.5. The molecule has 0 aromatic heterocycles. The van der Waals surface area contributed by atoms with E-state index in [0.717, 1.165) is 30.8 Å². The summed E-state index contributed by atoms with van der Waals surface area (Å²) in [5.74, 6) is 1.46. The quantitative estimate of drug-likeness (QED) is 0.872. The number of benzene rings is 1. The van der Waals surface area contributed by atoms with Crippen LogP contribution in [0.25, 0.3) is 0 Å². The molecule has 0 saturated carbocycles. The minimum Gasteiger partial charge on any atom is -0.497 e. The second-order valence-electron chi connectivity index (χ2n) is 4.86. The van der Waals surface area contributed by atoms with Gasteiger partial charge in [0.15, 0.2) is 0 Å². The number of rotatable bonds is 2. The number of aliphatic hydroxyl groups excluding tert-OH is 1. The molecule has 1 aromatic carbocycles. The summed E-state index contributed by atoms with van der Waals surface area (Å²) >= 11 is 0. The average Bonchev–Trinajstić information content (AvgIpc) is 2.91. The molecule has 4 heteroatoms. The van der Waals surface area contributed by atoms with Gasteiger partial charge in [0.25, 0.3) is 0 Å². The Kier molecular flexibility index (Phi) is 3.14. The Hall–Kier alpha value is -1.26. The van der Waals surface area contributed by atoms with Gasteiger partial charge in [-0.25, -0.2) is 0 Å². The van der Waals surface area contributed by atoms with Crippen molar-refractivity contribution >= 4 is 0 Å². The number of hydrogen-bond acceptors (Lipinski definition) is 4. The molecule has 0 radical (unpaired) electrons. The maximum absolute atomic E-state index is 10.2. The molecule has 98 valence electrons. The van der Waals surface area contributed by atoms with Gasteiger partial charge in [0, 0.05) is 24.7 Å². The molecule has 2 heterocycles. The predicted molar refractivity (Wildman–Crippen MR) is 66.0 cm³/mol. The molecule has 2 aliphatic rings. The molecule has 3 rings (SSSR count). The van der Waals surface area contributed by atoms with Crippen molar-refractivity contribution in [2.24, 2.45) is 0 Å². The van der Waals surface area contributed by atoms with Crippen molar-refractivity contribution in [1.82, 2.24) is 0 Å². The van der Waals surface area contributed by atoms with Crippen LogP contribution in [-0.4, -0.2) is 31.0 Å². The minimum absolute atomic E-state index is 0.0536. The van der Waals surface area contributed by atoms with Gasteiger partial charge in [0.05, 0.1) is 19.3 Å². The highest BCUT2D eigenvalue weighted by Crippen LogP contribution is 2.39. The molecule has 3 atom stereocenters. The summed E-state index contributed by atoms with van der Waals surface area (Å²) in [6.07, 6.45) is 2.27. The number of hydrogen-bond donors (Lipinski definition) is 1. The summed E-state index contributed by atoms with van der Waals surface area (Å²) in [5.41, 5.74) is 0.838. The standard InChI is InChI=1S/C14H18O4/c1-16-9-4-5-10-11(15)8-14(18-13(10)7-9)12-3-2-6-17-12/h4-5,7,11-12,14-15H,2-3,6,8H2,1H3/t11-,12?,14?/m0/s1. The van der Waals surface area contributed by atoms with Gasteiger partial charge in [-0.3, -0.25) is 0 Å². The molecule has 18 heavy (non-hydrogen) atoms.